The number of morpholine rings is 1. The number of hydrazine groups is 1. The molecule has 0 bridgehead atoms. The molecule has 1 aliphatic heterocycles. The molecule has 1 aromatic heterocycles. The highest BCUT2D eigenvalue weighted by Crippen LogP contribution is 2.28. The third-order valence-corrected chi connectivity index (χ3v) is 3.47. The van der Waals surface area contributed by atoms with Crippen LogP contribution in [0.1, 0.15) is 0 Å². The molecule has 1 aromatic rings. The van der Waals surface area contributed by atoms with Crippen LogP contribution in [0.25, 0.3) is 0 Å². The maximum Gasteiger partial charge on any atom is 0.161 e. The summed E-state index contributed by atoms with van der Waals surface area (Å²) in [6.45, 7) is 5.16. The van der Waals surface area contributed by atoms with Crippen LogP contribution in [0.4, 0.5) is 11.6 Å². The molecule has 8 heteroatoms. The van der Waals surface area contributed by atoms with Gasteiger partial charge < -0.3 is 15.5 Å². The minimum absolute atomic E-state index is 0.395. The minimum atomic E-state index is 0.395. The van der Waals surface area contributed by atoms with E-state index in [1.165, 1.54) is 0 Å². The van der Waals surface area contributed by atoms with Crippen LogP contribution in [0, 0.1) is 0 Å². The molecule has 0 unspecified atom stereocenters. The Labute approximate surface area is 122 Å². The van der Waals surface area contributed by atoms with E-state index in [2.05, 4.69) is 20.6 Å². The molecule has 0 aliphatic carbocycles. The summed E-state index contributed by atoms with van der Waals surface area (Å²) in [7, 11) is 0. The number of nitrogens with zero attached hydrogens (tertiary/aromatic N) is 2. The molecule has 0 aromatic carbocycles. The first kappa shape index (κ1) is 14.6. The summed E-state index contributed by atoms with van der Waals surface area (Å²) in [6, 6.07) is 1.61. The highest BCUT2D eigenvalue weighted by molar-refractivity contribution is 6.37. The number of nitrogens with two attached hydrogens (primary N) is 1. The zero-order chi connectivity index (χ0) is 13.7. The van der Waals surface area contributed by atoms with E-state index >= 15 is 0 Å². The summed E-state index contributed by atoms with van der Waals surface area (Å²) in [5, 5.41) is 4.05. The Bertz CT molecular complexity index is 426. The Kier molecular flexibility index (Phi) is 5.47. The van der Waals surface area contributed by atoms with Crippen molar-refractivity contribution in [1.29, 1.82) is 0 Å². The number of hydrogen-bond acceptors (Lipinski definition) is 6. The molecule has 1 saturated heterocycles. The van der Waals surface area contributed by atoms with Crippen LogP contribution in [-0.4, -0.2) is 49.3 Å². The van der Waals surface area contributed by atoms with Gasteiger partial charge in [-0.2, -0.15) is 0 Å². The quantitative estimate of drug-likeness (QED) is 0.564. The molecule has 1 fully saturated rings. The van der Waals surface area contributed by atoms with Crippen molar-refractivity contribution in [3.8, 4) is 0 Å². The van der Waals surface area contributed by atoms with Gasteiger partial charge in [0.15, 0.2) is 5.82 Å². The fourth-order valence-corrected chi connectivity index (χ4v) is 2.33. The lowest BCUT2D eigenvalue weighted by molar-refractivity contribution is 0.0398. The number of nitrogen functional groups attached to an aromatic ring is 1. The summed E-state index contributed by atoms with van der Waals surface area (Å²) in [6.07, 6.45) is 0. The highest BCUT2D eigenvalue weighted by atomic mass is 35.5. The lowest BCUT2D eigenvalue weighted by Crippen LogP contribution is -2.39. The number of anilines is 2. The molecular weight excluding hydrogens is 289 g/mol. The van der Waals surface area contributed by atoms with Gasteiger partial charge in [0, 0.05) is 26.2 Å². The minimum Gasteiger partial charge on any atom is -0.379 e. The molecule has 2 heterocycles. The highest BCUT2D eigenvalue weighted by Gasteiger charge is 2.11. The first-order valence-corrected chi connectivity index (χ1v) is 6.83. The second-order valence-corrected chi connectivity index (χ2v) is 4.99. The van der Waals surface area contributed by atoms with Crippen LogP contribution < -0.4 is 16.6 Å². The number of hydrogen-bond donors (Lipinski definition) is 3. The van der Waals surface area contributed by atoms with Crippen molar-refractivity contribution in [2.45, 2.75) is 0 Å². The first-order valence-electron chi connectivity index (χ1n) is 6.07. The van der Waals surface area contributed by atoms with Crippen LogP contribution in [0.15, 0.2) is 6.07 Å². The molecule has 4 N–H and O–H groups in total. The van der Waals surface area contributed by atoms with Crippen LogP contribution in [-0.2, 0) is 4.74 Å². The third-order valence-electron chi connectivity index (χ3n) is 2.89. The molecule has 1 aliphatic rings. The number of pyridine rings is 1. The zero-order valence-electron chi connectivity index (χ0n) is 10.5. The number of nitrogens with one attached hydrogen (secondary N) is 2. The maximum absolute atomic E-state index is 6.07. The standard InChI is InChI=1S/C11H17Cl2N5O/c12-8-7-9(13)11(17-14)16-10(8)15-1-2-18-3-5-19-6-4-18/h7H,1-6,14H2,(H2,15,16,17). The van der Waals surface area contributed by atoms with Crippen molar-refractivity contribution in [1.82, 2.24) is 9.88 Å². The lowest BCUT2D eigenvalue weighted by Gasteiger charge is -2.26. The van der Waals surface area contributed by atoms with Crippen LogP contribution in [0.5, 0.6) is 0 Å². The van der Waals surface area contributed by atoms with E-state index in [9.17, 15) is 0 Å². The van der Waals surface area contributed by atoms with Gasteiger partial charge in [-0.3, -0.25) is 4.90 Å². The smallest absolute Gasteiger partial charge is 0.161 e. The van der Waals surface area contributed by atoms with Crippen molar-refractivity contribution in [3.63, 3.8) is 0 Å². The molecule has 0 amide bonds. The van der Waals surface area contributed by atoms with E-state index in [1.807, 2.05) is 0 Å². The monoisotopic (exact) mass is 305 g/mol. The summed E-state index contributed by atoms with van der Waals surface area (Å²) >= 11 is 12.0. The van der Waals surface area contributed by atoms with Crippen molar-refractivity contribution in [2.75, 3.05) is 50.1 Å². The number of aromatic nitrogens is 1. The van der Waals surface area contributed by atoms with Gasteiger partial charge >= 0.3 is 0 Å². The predicted octanol–water partition coefficient (Wildman–Crippen LogP) is 1.42. The second kappa shape index (κ2) is 7.12. The van der Waals surface area contributed by atoms with Gasteiger partial charge in [0.2, 0.25) is 0 Å². The van der Waals surface area contributed by atoms with Crippen molar-refractivity contribution < 1.29 is 4.74 Å². The van der Waals surface area contributed by atoms with E-state index in [1.54, 1.807) is 6.07 Å². The van der Waals surface area contributed by atoms with Crippen LogP contribution in [0.3, 0.4) is 0 Å². The van der Waals surface area contributed by atoms with Gasteiger partial charge in [-0.05, 0) is 6.07 Å². The summed E-state index contributed by atoms with van der Waals surface area (Å²) in [5.74, 6) is 6.30. The van der Waals surface area contributed by atoms with E-state index < -0.39 is 0 Å². The van der Waals surface area contributed by atoms with Crippen molar-refractivity contribution in [3.05, 3.63) is 16.1 Å². The third kappa shape index (κ3) is 4.09. The van der Waals surface area contributed by atoms with Gasteiger partial charge in [0.05, 0.1) is 23.3 Å². The van der Waals surface area contributed by atoms with Crippen molar-refractivity contribution in [2.24, 2.45) is 5.84 Å². The van der Waals surface area contributed by atoms with Crippen LogP contribution >= 0.6 is 23.2 Å². The van der Waals surface area contributed by atoms with Crippen LogP contribution in [0.2, 0.25) is 10.0 Å². The van der Waals surface area contributed by atoms with E-state index in [0.717, 1.165) is 39.4 Å². The van der Waals surface area contributed by atoms with E-state index in [4.69, 9.17) is 33.8 Å². The fourth-order valence-electron chi connectivity index (χ4n) is 1.85. The maximum atomic E-state index is 6.07. The molecule has 19 heavy (non-hydrogen) atoms. The average molecular weight is 306 g/mol. The fraction of sp³-hybridized carbons (Fsp3) is 0.545. The molecule has 6 nitrogen and oxygen atoms in total. The van der Waals surface area contributed by atoms with Gasteiger partial charge in [-0.15, -0.1) is 0 Å². The lowest BCUT2D eigenvalue weighted by atomic mass is 10.4. The zero-order valence-corrected chi connectivity index (χ0v) is 12.0. The summed E-state index contributed by atoms with van der Waals surface area (Å²) in [5.41, 5.74) is 2.43. The Morgan fingerprint density at radius 1 is 1.26 bits per heavy atom. The second-order valence-electron chi connectivity index (χ2n) is 4.17. The van der Waals surface area contributed by atoms with E-state index in [-0.39, 0.29) is 0 Å². The van der Waals surface area contributed by atoms with Gasteiger partial charge in [-0.1, -0.05) is 23.2 Å². The average Bonchev–Trinajstić information content (AvgIpc) is 2.42. The van der Waals surface area contributed by atoms with Crippen molar-refractivity contribution >= 4 is 34.8 Å². The van der Waals surface area contributed by atoms with E-state index in [0.29, 0.717) is 21.7 Å². The Morgan fingerprint density at radius 2 is 1.95 bits per heavy atom. The Hall–Kier alpha value is -0.790. The molecule has 0 saturated carbocycles. The molecule has 2 rings (SSSR count). The van der Waals surface area contributed by atoms with Gasteiger partial charge in [-0.25, -0.2) is 10.8 Å². The summed E-state index contributed by atoms with van der Waals surface area (Å²) < 4.78 is 5.29. The normalized spacial score (nSPS) is 16.4. The number of halogens is 2. The first-order chi connectivity index (χ1) is 9.20. The molecule has 0 radical (unpaired) electrons. The number of rotatable bonds is 5. The predicted molar refractivity (Wildman–Crippen MR) is 77.8 cm³/mol. The number of ether oxygens (including phenoxy) is 1. The topological polar surface area (TPSA) is 75.4 Å². The molecule has 0 spiro atoms. The molecule has 0 atom stereocenters. The largest absolute Gasteiger partial charge is 0.379 e. The Balaban J connectivity index is 1.88. The molecule has 106 valence electrons. The van der Waals surface area contributed by atoms with Gasteiger partial charge in [0.25, 0.3) is 0 Å². The van der Waals surface area contributed by atoms with Gasteiger partial charge in [0.1, 0.15) is 5.82 Å². The Morgan fingerprint density at radius 3 is 2.63 bits per heavy atom. The SMILES string of the molecule is NNc1nc(NCCN2CCOCC2)c(Cl)cc1Cl. The molecular formula is C11H17Cl2N5O. The summed E-state index contributed by atoms with van der Waals surface area (Å²) in [4.78, 5) is 6.54.